The van der Waals surface area contributed by atoms with Crippen molar-refractivity contribution in [2.75, 3.05) is 5.32 Å². The molecule has 0 fully saturated rings. The molecule has 0 saturated heterocycles. The number of benzene rings is 1. The summed E-state index contributed by atoms with van der Waals surface area (Å²) in [7, 11) is 1.73. The van der Waals surface area contributed by atoms with Crippen molar-refractivity contribution in [3.63, 3.8) is 0 Å². The first-order chi connectivity index (χ1) is 11.4. The fourth-order valence-corrected chi connectivity index (χ4v) is 2.49. The van der Waals surface area contributed by atoms with Gasteiger partial charge in [0.1, 0.15) is 12.1 Å². The Morgan fingerprint density at radius 1 is 1.38 bits per heavy atom. The first-order valence-corrected chi connectivity index (χ1v) is 7.46. The molecule has 0 saturated carbocycles. The summed E-state index contributed by atoms with van der Waals surface area (Å²) in [6.07, 6.45) is 3.01. The van der Waals surface area contributed by atoms with Crippen molar-refractivity contribution in [2.24, 2.45) is 7.05 Å². The molecule has 0 aliphatic carbocycles. The number of nitrogens with one attached hydrogen (secondary N) is 1. The zero-order valence-corrected chi connectivity index (χ0v) is 13.8. The number of aromatic nitrogens is 5. The molecule has 2 aromatic heterocycles. The van der Waals surface area contributed by atoms with Gasteiger partial charge in [-0.05, 0) is 19.1 Å². The van der Waals surface area contributed by atoms with Crippen molar-refractivity contribution in [1.82, 2.24) is 24.5 Å². The fraction of sp³-hybridized carbons (Fsp3) is 0.200. The molecule has 1 amide bonds. The summed E-state index contributed by atoms with van der Waals surface area (Å²) in [6, 6.07) is 4.46. The molecule has 0 unspecified atom stereocenters. The molecule has 0 aliphatic rings. The summed E-state index contributed by atoms with van der Waals surface area (Å²) in [5.74, 6) is -0.660. The lowest BCUT2D eigenvalue weighted by atomic mass is 10.2. The average Bonchev–Trinajstić information content (AvgIpc) is 3.09. The number of amides is 1. The van der Waals surface area contributed by atoms with Crippen LogP contribution in [-0.4, -0.2) is 30.5 Å². The maximum Gasteiger partial charge on any atom is 0.261 e. The van der Waals surface area contributed by atoms with Crippen molar-refractivity contribution in [3.05, 3.63) is 58.4 Å². The zero-order chi connectivity index (χ0) is 17.3. The standard InChI is InChI=1S/C15H14ClFN6O/c1-9-10(6-22(2)20-9)14(24)19-15-18-8-23(21-15)7-11-12(16)4-3-5-13(11)17/h3-6,8H,7H2,1-2H3,(H,19,21,24). The largest absolute Gasteiger partial charge is 0.289 e. The monoisotopic (exact) mass is 348 g/mol. The Kier molecular flexibility index (Phi) is 4.30. The predicted molar refractivity (Wildman–Crippen MR) is 86.4 cm³/mol. The number of aryl methyl sites for hydroxylation is 2. The first-order valence-electron chi connectivity index (χ1n) is 7.08. The van der Waals surface area contributed by atoms with Crippen LogP contribution in [0.4, 0.5) is 10.3 Å². The SMILES string of the molecule is Cc1nn(C)cc1C(=O)Nc1ncn(Cc2c(F)cccc2Cl)n1. The van der Waals surface area contributed by atoms with E-state index in [0.717, 1.165) is 0 Å². The molecule has 9 heteroatoms. The van der Waals surface area contributed by atoms with E-state index in [1.807, 2.05) is 0 Å². The number of rotatable bonds is 4. The maximum absolute atomic E-state index is 13.8. The Bertz CT molecular complexity index is 883. The van der Waals surface area contributed by atoms with E-state index in [4.69, 9.17) is 11.6 Å². The topological polar surface area (TPSA) is 77.6 Å². The van der Waals surface area contributed by atoms with Crippen LogP contribution in [0.25, 0.3) is 0 Å². The van der Waals surface area contributed by atoms with Crippen molar-refractivity contribution >= 4 is 23.5 Å². The summed E-state index contributed by atoms with van der Waals surface area (Å²) in [5.41, 5.74) is 1.35. The second-order valence-electron chi connectivity index (χ2n) is 5.22. The highest BCUT2D eigenvalue weighted by molar-refractivity contribution is 6.31. The molecular weight excluding hydrogens is 335 g/mol. The molecule has 124 valence electrons. The number of hydrogen-bond acceptors (Lipinski definition) is 4. The summed E-state index contributed by atoms with van der Waals surface area (Å²) in [5, 5.41) is 11.1. The first kappa shape index (κ1) is 16.1. The Labute approximate surface area is 142 Å². The molecule has 1 aromatic carbocycles. The van der Waals surface area contributed by atoms with E-state index in [-0.39, 0.29) is 18.4 Å². The molecule has 0 bridgehead atoms. The summed E-state index contributed by atoms with van der Waals surface area (Å²) in [4.78, 5) is 16.2. The van der Waals surface area contributed by atoms with Gasteiger partial charge in [-0.1, -0.05) is 17.7 Å². The average molecular weight is 349 g/mol. The van der Waals surface area contributed by atoms with Crippen LogP contribution in [0.5, 0.6) is 0 Å². The molecule has 0 aliphatic heterocycles. The van der Waals surface area contributed by atoms with Gasteiger partial charge in [-0.2, -0.15) is 5.10 Å². The van der Waals surface area contributed by atoms with Crippen LogP contribution in [0.3, 0.4) is 0 Å². The van der Waals surface area contributed by atoms with Gasteiger partial charge in [0.15, 0.2) is 0 Å². The van der Waals surface area contributed by atoms with E-state index >= 15 is 0 Å². The second kappa shape index (κ2) is 6.40. The fourth-order valence-electron chi connectivity index (χ4n) is 2.26. The number of hydrogen-bond donors (Lipinski definition) is 1. The highest BCUT2D eigenvalue weighted by Gasteiger charge is 2.15. The minimum absolute atomic E-state index is 0.111. The molecule has 0 spiro atoms. The van der Waals surface area contributed by atoms with Gasteiger partial charge in [-0.25, -0.2) is 14.1 Å². The molecule has 0 atom stereocenters. The second-order valence-corrected chi connectivity index (χ2v) is 5.63. The third kappa shape index (κ3) is 3.28. The van der Waals surface area contributed by atoms with Crippen LogP contribution in [0.2, 0.25) is 5.02 Å². The molecule has 7 nitrogen and oxygen atoms in total. The highest BCUT2D eigenvalue weighted by Crippen LogP contribution is 2.20. The quantitative estimate of drug-likeness (QED) is 0.785. The van der Waals surface area contributed by atoms with Crippen LogP contribution >= 0.6 is 11.6 Å². The number of carbonyl (C=O) groups is 1. The van der Waals surface area contributed by atoms with Gasteiger partial charge in [-0.3, -0.25) is 14.8 Å². The van der Waals surface area contributed by atoms with E-state index < -0.39 is 5.82 Å². The third-order valence-electron chi connectivity index (χ3n) is 3.40. The molecule has 1 N–H and O–H groups in total. The third-order valence-corrected chi connectivity index (χ3v) is 3.76. The molecule has 24 heavy (non-hydrogen) atoms. The van der Waals surface area contributed by atoms with Gasteiger partial charge in [0.05, 0.1) is 17.8 Å². The van der Waals surface area contributed by atoms with Crippen LogP contribution in [-0.2, 0) is 13.6 Å². The molecule has 2 heterocycles. The predicted octanol–water partition coefficient (Wildman–Crippen LogP) is 2.41. The van der Waals surface area contributed by atoms with Gasteiger partial charge in [0.2, 0.25) is 5.95 Å². The lowest BCUT2D eigenvalue weighted by Gasteiger charge is -2.05. The van der Waals surface area contributed by atoms with E-state index in [1.165, 1.54) is 23.1 Å². The number of halogens is 2. The number of nitrogens with zero attached hydrogens (tertiary/aromatic N) is 5. The minimum atomic E-state index is -0.422. The van der Waals surface area contributed by atoms with E-state index in [2.05, 4.69) is 20.5 Å². The lowest BCUT2D eigenvalue weighted by Crippen LogP contribution is -2.14. The zero-order valence-electron chi connectivity index (χ0n) is 13.0. The molecule has 0 radical (unpaired) electrons. The maximum atomic E-state index is 13.8. The van der Waals surface area contributed by atoms with Gasteiger partial charge in [-0.15, -0.1) is 5.10 Å². The van der Waals surface area contributed by atoms with Crippen molar-refractivity contribution in [3.8, 4) is 0 Å². The molecule has 3 rings (SSSR count). The van der Waals surface area contributed by atoms with Crippen LogP contribution in [0.15, 0.2) is 30.7 Å². The number of carbonyl (C=O) groups excluding carboxylic acids is 1. The Morgan fingerprint density at radius 3 is 2.83 bits per heavy atom. The lowest BCUT2D eigenvalue weighted by molar-refractivity contribution is 0.102. The minimum Gasteiger partial charge on any atom is -0.289 e. The summed E-state index contributed by atoms with van der Waals surface area (Å²) >= 11 is 5.99. The van der Waals surface area contributed by atoms with Gasteiger partial charge in [0.25, 0.3) is 5.91 Å². The Balaban J connectivity index is 1.74. The molecular formula is C15H14ClFN6O. The smallest absolute Gasteiger partial charge is 0.261 e. The van der Waals surface area contributed by atoms with E-state index in [9.17, 15) is 9.18 Å². The highest BCUT2D eigenvalue weighted by atomic mass is 35.5. The Morgan fingerprint density at radius 2 is 2.17 bits per heavy atom. The van der Waals surface area contributed by atoms with Crippen LogP contribution in [0, 0.1) is 12.7 Å². The van der Waals surface area contributed by atoms with E-state index in [0.29, 0.717) is 21.8 Å². The van der Waals surface area contributed by atoms with Crippen molar-refractivity contribution in [1.29, 1.82) is 0 Å². The van der Waals surface area contributed by atoms with Crippen LogP contribution in [0.1, 0.15) is 21.6 Å². The van der Waals surface area contributed by atoms with Crippen molar-refractivity contribution in [2.45, 2.75) is 13.5 Å². The number of anilines is 1. The van der Waals surface area contributed by atoms with Crippen molar-refractivity contribution < 1.29 is 9.18 Å². The van der Waals surface area contributed by atoms with Gasteiger partial charge in [0, 0.05) is 23.8 Å². The normalized spacial score (nSPS) is 10.8. The van der Waals surface area contributed by atoms with Crippen LogP contribution < -0.4 is 5.32 Å². The Hall–Kier alpha value is -2.74. The van der Waals surface area contributed by atoms with Gasteiger partial charge >= 0.3 is 0 Å². The van der Waals surface area contributed by atoms with Gasteiger partial charge < -0.3 is 0 Å². The molecule has 3 aromatic rings. The summed E-state index contributed by atoms with van der Waals surface area (Å²) < 4.78 is 16.7. The summed E-state index contributed by atoms with van der Waals surface area (Å²) in [6.45, 7) is 1.85. The van der Waals surface area contributed by atoms with E-state index in [1.54, 1.807) is 30.9 Å².